The third-order valence-electron chi connectivity index (χ3n) is 5.92. The quantitative estimate of drug-likeness (QED) is 0.521. The van der Waals surface area contributed by atoms with Crippen LogP contribution >= 0.6 is 0 Å². The van der Waals surface area contributed by atoms with E-state index in [4.69, 9.17) is 4.98 Å². The normalized spacial score (nSPS) is 14.6. The molecule has 31 heavy (non-hydrogen) atoms. The fourth-order valence-electron chi connectivity index (χ4n) is 4.28. The fraction of sp³-hybridized carbons (Fsp3) is 0.280. The van der Waals surface area contributed by atoms with Gasteiger partial charge in [-0.05, 0) is 30.5 Å². The summed E-state index contributed by atoms with van der Waals surface area (Å²) in [4.78, 5) is 22.4. The van der Waals surface area contributed by atoms with E-state index in [1.54, 1.807) is 12.4 Å². The number of carbonyl (C=O) groups excluding carboxylic acids is 1. The highest BCUT2D eigenvalue weighted by molar-refractivity contribution is 6.06. The van der Waals surface area contributed by atoms with Gasteiger partial charge in [-0.25, -0.2) is 9.67 Å². The average Bonchev–Trinajstić information content (AvgIpc) is 3.23. The van der Waals surface area contributed by atoms with Gasteiger partial charge in [0.25, 0.3) is 5.91 Å². The molecule has 1 aromatic carbocycles. The largest absolute Gasteiger partial charge is 0.349 e. The molecule has 0 bridgehead atoms. The molecule has 0 aliphatic heterocycles. The molecule has 1 N–H and O–H groups in total. The van der Waals surface area contributed by atoms with Gasteiger partial charge in [0.05, 0.1) is 29.4 Å². The Bertz CT molecular complexity index is 1180. The zero-order valence-electron chi connectivity index (χ0n) is 17.4. The van der Waals surface area contributed by atoms with Gasteiger partial charge >= 0.3 is 0 Å². The van der Waals surface area contributed by atoms with E-state index in [2.05, 4.69) is 15.4 Å². The second kappa shape index (κ2) is 8.68. The SMILES string of the molecule is O=C(NC1CCCCC1)c1cc(-c2ccccc2)nc2c1cnn2Cc1cccnc1. The number of hydrogen-bond donors (Lipinski definition) is 1. The first kappa shape index (κ1) is 19.4. The second-order valence-corrected chi connectivity index (χ2v) is 8.13. The minimum Gasteiger partial charge on any atom is -0.349 e. The summed E-state index contributed by atoms with van der Waals surface area (Å²) in [5.74, 6) is -0.0441. The summed E-state index contributed by atoms with van der Waals surface area (Å²) in [5.41, 5.74) is 4.12. The minimum absolute atomic E-state index is 0.0441. The summed E-state index contributed by atoms with van der Waals surface area (Å²) in [6.07, 6.45) is 11.0. The van der Waals surface area contributed by atoms with Crippen molar-refractivity contribution >= 4 is 16.9 Å². The number of nitrogens with zero attached hydrogens (tertiary/aromatic N) is 4. The summed E-state index contributed by atoms with van der Waals surface area (Å²) in [5, 5.41) is 8.59. The van der Waals surface area contributed by atoms with Crippen molar-refractivity contribution in [2.24, 2.45) is 0 Å². The Morgan fingerprint density at radius 3 is 2.65 bits per heavy atom. The van der Waals surface area contributed by atoms with Gasteiger partial charge in [0, 0.05) is 24.0 Å². The average molecular weight is 412 g/mol. The van der Waals surface area contributed by atoms with Crippen LogP contribution in [0.4, 0.5) is 0 Å². The minimum atomic E-state index is -0.0441. The molecular formula is C25H25N5O. The molecule has 0 atom stereocenters. The number of rotatable bonds is 5. The molecule has 0 spiro atoms. The number of hydrogen-bond acceptors (Lipinski definition) is 4. The van der Waals surface area contributed by atoms with Crippen LogP contribution in [0.2, 0.25) is 0 Å². The molecule has 6 heteroatoms. The van der Waals surface area contributed by atoms with Gasteiger partial charge in [0.15, 0.2) is 5.65 Å². The van der Waals surface area contributed by atoms with Crippen LogP contribution in [0.1, 0.15) is 48.0 Å². The highest BCUT2D eigenvalue weighted by atomic mass is 16.1. The number of carbonyl (C=O) groups is 1. The number of pyridine rings is 2. The van der Waals surface area contributed by atoms with Gasteiger partial charge in [-0.15, -0.1) is 0 Å². The van der Waals surface area contributed by atoms with E-state index in [-0.39, 0.29) is 11.9 Å². The molecular weight excluding hydrogens is 386 g/mol. The maximum Gasteiger partial charge on any atom is 0.252 e. The van der Waals surface area contributed by atoms with Crippen LogP contribution in [0.15, 0.2) is 67.1 Å². The van der Waals surface area contributed by atoms with Crippen LogP contribution in [-0.2, 0) is 6.54 Å². The lowest BCUT2D eigenvalue weighted by molar-refractivity contribution is 0.0929. The van der Waals surface area contributed by atoms with Gasteiger partial charge in [-0.2, -0.15) is 5.10 Å². The molecule has 0 radical (unpaired) electrons. The number of amides is 1. The van der Waals surface area contributed by atoms with E-state index in [9.17, 15) is 4.79 Å². The summed E-state index contributed by atoms with van der Waals surface area (Å²) in [7, 11) is 0. The predicted molar refractivity (Wildman–Crippen MR) is 121 cm³/mol. The van der Waals surface area contributed by atoms with Crippen molar-refractivity contribution in [3.63, 3.8) is 0 Å². The summed E-state index contributed by atoms with van der Waals surface area (Å²) < 4.78 is 1.84. The molecule has 3 heterocycles. The van der Waals surface area contributed by atoms with Gasteiger partial charge in [-0.1, -0.05) is 55.7 Å². The van der Waals surface area contributed by atoms with Crippen molar-refractivity contribution in [2.45, 2.75) is 44.7 Å². The first-order valence-corrected chi connectivity index (χ1v) is 10.9. The van der Waals surface area contributed by atoms with Crippen molar-refractivity contribution in [3.8, 4) is 11.3 Å². The Morgan fingerprint density at radius 1 is 1.03 bits per heavy atom. The molecule has 1 aliphatic rings. The molecule has 3 aromatic heterocycles. The van der Waals surface area contributed by atoms with E-state index in [1.165, 1.54) is 19.3 Å². The first-order valence-electron chi connectivity index (χ1n) is 10.9. The van der Waals surface area contributed by atoms with Crippen molar-refractivity contribution in [3.05, 3.63) is 78.2 Å². The Kier molecular flexibility index (Phi) is 5.44. The highest BCUT2D eigenvalue weighted by Crippen LogP contribution is 2.26. The third-order valence-corrected chi connectivity index (χ3v) is 5.92. The van der Waals surface area contributed by atoms with Crippen LogP contribution in [0.25, 0.3) is 22.3 Å². The van der Waals surface area contributed by atoms with Gasteiger partial charge in [-0.3, -0.25) is 9.78 Å². The number of aromatic nitrogens is 4. The molecule has 0 unspecified atom stereocenters. The van der Waals surface area contributed by atoms with Crippen LogP contribution in [0.3, 0.4) is 0 Å². The van der Waals surface area contributed by atoms with Crippen LogP contribution in [0, 0.1) is 0 Å². The third kappa shape index (κ3) is 4.19. The van der Waals surface area contributed by atoms with E-state index in [0.29, 0.717) is 17.8 Å². The van der Waals surface area contributed by atoms with Crippen LogP contribution in [-0.4, -0.2) is 31.7 Å². The Balaban J connectivity index is 1.57. The second-order valence-electron chi connectivity index (χ2n) is 8.13. The van der Waals surface area contributed by atoms with E-state index < -0.39 is 0 Å². The summed E-state index contributed by atoms with van der Waals surface area (Å²) >= 11 is 0. The van der Waals surface area contributed by atoms with Crippen LogP contribution < -0.4 is 5.32 Å². The molecule has 1 saturated carbocycles. The van der Waals surface area contributed by atoms with Crippen molar-refractivity contribution in [1.82, 2.24) is 25.1 Å². The lowest BCUT2D eigenvalue weighted by Gasteiger charge is -2.23. The maximum atomic E-state index is 13.3. The lowest BCUT2D eigenvalue weighted by Crippen LogP contribution is -2.36. The Morgan fingerprint density at radius 2 is 1.87 bits per heavy atom. The summed E-state index contributed by atoms with van der Waals surface area (Å²) in [6.45, 7) is 0.548. The molecule has 1 fully saturated rings. The highest BCUT2D eigenvalue weighted by Gasteiger charge is 2.21. The van der Waals surface area contributed by atoms with Gasteiger partial charge in [0.2, 0.25) is 0 Å². The Hall–Kier alpha value is -3.54. The molecule has 156 valence electrons. The van der Waals surface area contributed by atoms with E-state index in [0.717, 1.165) is 35.0 Å². The van der Waals surface area contributed by atoms with Gasteiger partial charge in [0.1, 0.15) is 0 Å². The number of nitrogens with one attached hydrogen (secondary N) is 1. The van der Waals surface area contributed by atoms with Gasteiger partial charge < -0.3 is 5.32 Å². The zero-order valence-corrected chi connectivity index (χ0v) is 17.4. The zero-order chi connectivity index (χ0) is 21.0. The molecule has 1 aliphatic carbocycles. The molecule has 5 rings (SSSR count). The Labute approximate surface area is 181 Å². The fourth-order valence-corrected chi connectivity index (χ4v) is 4.28. The molecule has 6 nitrogen and oxygen atoms in total. The molecule has 1 amide bonds. The predicted octanol–water partition coefficient (Wildman–Crippen LogP) is 4.60. The lowest BCUT2D eigenvalue weighted by atomic mass is 9.95. The topological polar surface area (TPSA) is 72.7 Å². The van der Waals surface area contributed by atoms with Crippen molar-refractivity contribution in [2.75, 3.05) is 0 Å². The first-order chi connectivity index (χ1) is 15.3. The van der Waals surface area contributed by atoms with Crippen molar-refractivity contribution < 1.29 is 4.79 Å². The standard InChI is InChI=1S/C25H25N5O/c31-25(28-20-11-5-2-6-12-20)21-14-23(19-9-3-1-4-10-19)29-24-22(21)16-27-30(24)17-18-8-7-13-26-15-18/h1,3-4,7-10,13-16,20H,2,5-6,11-12,17H2,(H,28,31). The smallest absolute Gasteiger partial charge is 0.252 e. The maximum absolute atomic E-state index is 13.3. The summed E-state index contributed by atoms with van der Waals surface area (Å²) in [6, 6.07) is 16.0. The van der Waals surface area contributed by atoms with Crippen LogP contribution in [0.5, 0.6) is 0 Å². The van der Waals surface area contributed by atoms with E-state index in [1.807, 2.05) is 59.4 Å². The van der Waals surface area contributed by atoms with Crippen molar-refractivity contribution in [1.29, 1.82) is 0 Å². The molecule has 4 aromatic rings. The van der Waals surface area contributed by atoms with E-state index >= 15 is 0 Å². The number of fused-ring (bicyclic) bond motifs is 1. The monoisotopic (exact) mass is 411 g/mol. The molecule has 0 saturated heterocycles. The number of benzene rings is 1.